The number of rotatable bonds is 2. The molecule has 0 radical (unpaired) electrons. The van der Waals surface area contributed by atoms with Crippen LogP contribution >= 0.6 is 0 Å². The lowest BCUT2D eigenvalue weighted by Gasteiger charge is -2.21. The lowest BCUT2D eigenvalue weighted by atomic mass is 10.0. The minimum absolute atomic E-state index is 0.111. The van der Waals surface area contributed by atoms with Gasteiger partial charge in [-0.3, -0.25) is 4.79 Å². The highest BCUT2D eigenvalue weighted by molar-refractivity contribution is 6.07. The van der Waals surface area contributed by atoms with Crippen LogP contribution in [-0.2, 0) is 0 Å². The van der Waals surface area contributed by atoms with Crippen LogP contribution in [0.1, 0.15) is 36.9 Å². The Labute approximate surface area is 135 Å². The highest BCUT2D eigenvalue weighted by atomic mass is 16.3. The Bertz CT molecular complexity index is 872. The quantitative estimate of drug-likeness (QED) is 0.766. The predicted octanol–water partition coefficient (Wildman–Crippen LogP) is 4.33. The summed E-state index contributed by atoms with van der Waals surface area (Å²) in [5.41, 5.74) is 1.74. The Balaban J connectivity index is 2.16. The molecule has 1 aromatic carbocycles. The summed E-state index contributed by atoms with van der Waals surface area (Å²) in [6.07, 6.45) is 0. The number of nitrogens with zero attached hydrogens (tertiary/aromatic N) is 1. The number of pyridine rings is 1. The average Bonchev–Trinajstić information content (AvgIpc) is 2.91. The largest absolute Gasteiger partial charge is 0.460 e. The molecule has 4 heteroatoms. The molecule has 23 heavy (non-hydrogen) atoms. The van der Waals surface area contributed by atoms with Crippen molar-refractivity contribution in [1.29, 1.82) is 0 Å². The maximum Gasteiger partial charge on any atom is 0.252 e. The van der Waals surface area contributed by atoms with Crippen molar-refractivity contribution in [2.45, 2.75) is 33.2 Å². The fourth-order valence-electron chi connectivity index (χ4n) is 2.47. The molecule has 0 bridgehead atoms. The van der Waals surface area contributed by atoms with Crippen LogP contribution in [0.3, 0.4) is 0 Å². The summed E-state index contributed by atoms with van der Waals surface area (Å²) in [6, 6.07) is 13.2. The van der Waals surface area contributed by atoms with Gasteiger partial charge in [0.25, 0.3) is 5.91 Å². The molecule has 2 heterocycles. The van der Waals surface area contributed by atoms with E-state index in [0.29, 0.717) is 17.0 Å². The molecular formula is C19H20N2O2. The number of aromatic nitrogens is 1. The summed E-state index contributed by atoms with van der Waals surface area (Å²) in [5, 5.41) is 3.85. The van der Waals surface area contributed by atoms with Crippen molar-refractivity contribution >= 4 is 16.8 Å². The van der Waals surface area contributed by atoms with Gasteiger partial charge in [0.2, 0.25) is 0 Å². The van der Waals surface area contributed by atoms with Crippen molar-refractivity contribution < 1.29 is 9.21 Å². The zero-order valence-electron chi connectivity index (χ0n) is 13.8. The van der Waals surface area contributed by atoms with Gasteiger partial charge in [-0.2, -0.15) is 0 Å². The molecule has 2 aromatic heterocycles. The van der Waals surface area contributed by atoms with Crippen LogP contribution in [0.2, 0.25) is 0 Å². The number of carbonyl (C=O) groups is 1. The Morgan fingerprint density at radius 1 is 1.13 bits per heavy atom. The number of fused-ring (bicyclic) bond motifs is 1. The Morgan fingerprint density at radius 2 is 1.87 bits per heavy atom. The smallest absolute Gasteiger partial charge is 0.252 e. The average molecular weight is 308 g/mol. The number of hydrogen-bond acceptors (Lipinski definition) is 3. The van der Waals surface area contributed by atoms with E-state index in [0.717, 1.165) is 16.7 Å². The molecule has 0 fully saturated rings. The zero-order valence-corrected chi connectivity index (χ0v) is 13.8. The van der Waals surface area contributed by atoms with E-state index in [2.05, 4.69) is 10.3 Å². The van der Waals surface area contributed by atoms with Gasteiger partial charge in [-0.05, 0) is 52.0 Å². The lowest BCUT2D eigenvalue weighted by molar-refractivity contribution is 0.0921. The van der Waals surface area contributed by atoms with E-state index in [1.807, 2.05) is 64.1 Å². The Kier molecular flexibility index (Phi) is 3.68. The van der Waals surface area contributed by atoms with E-state index < -0.39 is 0 Å². The van der Waals surface area contributed by atoms with Gasteiger partial charge >= 0.3 is 0 Å². The number of furan rings is 1. The molecule has 0 unspecified atom stereocenters. The van der Waals surface area contributed by atoms with Gasteiger partial charge in [0, 0.05) is 10.9 Å². The van der Waals surface area contributed by atoms with Crippen molar-refractivity contribution in [1.82, 2.24) is 10.3 Å². The van der Waals surface area contributed by atoms with E-state index in [4.69, 9.17) is 4.42 Å². The number of amides is 1. The summed E-state index contributed by atoms with van der Waals surface area (Å²) >= 11 is 0. The van der Waals surface area contributed by atoms with E-state index in [1.165, 1.54) is 0 Å². The third kappa shape index (κ3) is 3.26. The molecule has 0 aliphatic carbocycles. The standard InChI is InChI=1S/C19H20N2O2/c1-12-9-10-17(23-12)16-11-14(18(22)21-19(2,3)4)13-7-5-6-8-15(13)20-16/h5-11H,1-4H3,(H,21,22). The summed E-state index contributed by atoms with van der Waals surface area (Å²) in [5.74, 6) is 1.37. The topological polar surface area (TPSA) is 55.1 Å². The first-order valence-corrected chi connectivity index (χ1v) is 7.62. The van der Waals surface area contributed by atoms with Crippen LogP contribution in [0.25, 0.3) is 22.4 Å². The third-order valence-electron chi connectivity index (χ3n) is 3.44. The van der Waals surface area contributed by atoms with Crippen molar-refractivity contribution in [3.63, 3.8) is 0 Å². The molecular weight excluding hydrogens is 288 g/mol. The molecule has 0 spiro atoms. The van der Waals surface area contributed by atoms with Gasteiger partial charge in [-0.1, -0.05) is 18.2 Å². The third-order valence-corrected chi connectivity index (χ3v) is 3.44. The van der Waals surface area contributed by atoms with Crippen LogP contribution in [0.4, 0.5) is 0 Å². The van der Waals surface area contributed by atoms with E-state index >= 15 is 0 Å². The van der Waals surface area contributed by atoms with E-state index in [-0.39, 0.29) is 11.4 Å². The number of aryl methyl sites for hydroxylation is 1. The maximum absolute atomic E-state index is 12.7. The summed E-state index contributed by atoms with van der Waals surface area (Å²) in [7, 11) is 0. The molecule has 1 N–H and O–H groups in total. The number of benzene rings is 1. The molecule has 0 aliphatic heterocycles. The van der Waals surface area contributed by atoms with Gasteiger partial charge in [0.1, 0.15) is 11.5 Å². The summed E-state index contributed by atoms with van der Waals surface area (Å²) < 4.78 is 5.66. The zero-order chi connectivity index (χ0) is 16.6. The van der Waals surface area contributed by atoms with Crippen molar-refractivity contribution in [3.05, 3.63) is 53.8 Å². The Hall–Kier alpha value is -2.62. The number of hydrogen-bond donors (Lipinski definition) is 1. The number of carbonyl (C=O) groups excluding carboxylic acids is 1. The van der Waals surface area contributed by atoms with Gasteiger partial charge in [0.05, 0.1) is 11.1 Å². The maximum atomic E-state index is 12.7. The number of nitrogens with one attached hydrogen (secondary N) is 1. The van der Waals surface area contributed by atoms with E-state index in [1.54, 1.807) is 6.07 Å². The van der Waals surface area contributed by atoms with Gasteiger partial charge < -0.3 is 9.73 Å². The lowest BCUT2D eigenvalue weighted by Crippen LogP contribution is -2.40. The minimum atomic E-state index is -0.303. The van der Waals surface area contributed by atoms with Crippen LogP contribution in [-0.4, -0.2) is 16.4 Å². The fraction of sp³-hybridized carbons (Fsp3) is 0.263. The molecule has 0 atom stereocenters. The SMILES string of the molecule is Cc1ccc(-c2cc(C(=O)NC(C)(C)C)c3ccccc3n2)o1. The monoisotopic (exact) mass is 308 g/mol. The van der Waals surface area contributed by atoms with Crippen LogP contribution in [0.5, 0.6) is 0 Å². The van der Waals surface area contributed by atoms with Crippen molar-refractivity contribution in [2.75, 3.05) is 0 Å². The first-order chi connectivity index (χ1) is 10.8. The highest BCUT2D eigenvalue weighted by Gasteiger charge is 2.19. The summed E-state index contributed by atoms with van der Waals surface area (Å²) in [6.45, 7) is 7.78. The molecule has 3 aromatic rings. The minimum Gasteiger partial charge on any atom is -0.460 e. The first-order valence-electron chi connectivity index (χ1n) is 7.62. The summed E-state index contributed by atoms with van der Waals surface area (Å²) in [4.78, 5) is 17.3. The van der Waals surface area contributed by atoms with Gasteiger partial charge in [-0.15, -0.1) is 0 Å². The van der Waals surface area contributed by atoms with Gasteiger partial charge in [-0.25, -0.2) is 4.98 Å². The molecule has 3 rings (SSSR count). The van der Waals surface area contributed by atoms with E-state index in [9.17, 15) is 4.79 Å². The molecule has 118 valence electrons. The fourth-order valence-corrected chi connectivity index (χ4v) is 2.47. The molecule has 0 saturated carbocycles. The Morgan fingerprint density at radius 3 is 2.52 bits per heavy atom. The van der Waals surface area contributed by atoms with Crippen LogP contribution in [0, 0.1) is 6.92 Å². The molecule has 1 amide bonds. The number of para-hydroxylation sites is 1. The van der Waals surface area contributed by atoms with Crippen molar-refractivity contribution in [2.24, 2.45) is 0 Å². The van der Waals surface area contributed by atoms with Crippen LogP contribution < -0.4 is 5.32 Å². The normalized spacial score (nSPS) is 11.7. The molecule has 0 saturated heterocycles. The second-order valence-corrected chi connectivity index (χ2v) is 6.69. The molecule has 4 nitrogen and oxygen atoms in total. The van der Waals surface area contributed by atoms with Crippen LogP contribution in [0.15, 0.2) is 46.9 Å². The molecule has 0 aliphatic rings. The second-order valence-electron chi connectivity index (χ2n) is 6.69. The van der Waals surface area contributed by atoms with Gasteiger partial charge in [0.15, 0.2) is 5.76 Å². The highest BCUT2D eigenvalue weighted by Crippen LogP contribution is 2.26. The van der Waals surface area contributed by atoms with Crippen molar-refractivity contribution in [3.8, 4) is 11.5 Å². The first kappa shape index (κ1) is 15.3. The second kappa shape index (κ2) is 5.54. The predicted molar refractivity (Wildman–Crippen MR) is 91.4 cm³/mol.